The van der Waals surface area contributed by atoms with E-state index in [1.807, 2.05) is 0 Å². The summed E-state index contributed by atoms with van der Waals surface area (Å²) in [6, 6.07) is 6.00. The molecule has 1 amide bonds. The number of carbonyl (C=O) groups is 1. The number of nitrogens with zero attached hydrogens (tertiary/aromatic N) is 1. The second-order valence-corrected chi connectivity index (χ2v) is 5.71. The van der Waals surface area contributed by atoms with Crippen molar-refractivity contribution in [1.82, 2.24) is 10.7 Å². The lowest BCUT2D eigenvalue weighted by molar-refractivity contribution is -0.173. The standard InChI is InChI=1S/C17H20F4N6O/c1-9(2)13(14(23)15(24)26-27-16(28)17(19,20)21)12(7-22)25-8-10-5-3-4-6-11(10)18/h3-7,23,25H,8,22H2,1-2H3,(H2,24,26)(H,27,28)/b12-7+,23-14?. The molecule has 0 aliphatic heterocycles. The molecule has 0 spiro atoms. The van der Waals surface area contributed by atoms with E-state index in [1.165, 1.54) is 17.6 Å². The third-order valence-corrected chi connectivity index (χ3v) is 3.40. The van der Waals surface area contributed by atoms with Gasteiger partial charge in [0, 0.05) is 23.9 Å². The van der Waals surface area contributed by atoms with Crippen LogP contribution in [0.15, 0.2) is 52.4 Å². The number of carbonyl (C=O) groups excluding carboxylic acids is 1. The van der Waals surface area contributed by atoms with Crippen LogP contribution in [-0.4, -0.2) is 23.6 Å². The largest absolute Gasteiger partial charge is 0.473 e. The highest BCUT2D eigenvalue weighted by Gasteiger charge is 2.38. The minimum absolute atomic E-state index is 0.0294. The van der Waals surface area contributed by atoms with E-state index in [2.05, 4.69) is 10.4 Å². The molecule has 0 bridgehead atoms. The smallest absolute Gasteiger partial charge is 0.403 e. The molecule has 0 unspecified atom stereocenters. The first-order valence-corrected chi connectivity index (χ1v) is 7.85. The molecule has 0 aromatic heterocycles. The van der Waals surface area contributed by atoms with Gasteiger partial charge in [-0.15, -0.1) is 0 Å². The molecule has 7 nitrogen and oxygen atoms in total. The van der Waals surface area contributed by atoms with Crippen molar-refractivity contribution in [1.29, 1.82) is 5.41 Å². The number of halogens is 4. The molecule has 0 heterocycles. The van der Waals surface area contributed by atoms with Gasteiger partial charge in [-0.1, -0.05) is 23.8 Å². The summed E-state index contributed by atoms with van der Waals surface area (Å²) in [6.45, 7) is 3.25. The van der Waals surface area contributed by atoms with Gasteiger partial charge in [0.1, 0.15) is 11.5 Å². The van der Waals surface area contributed by atoms with Crippen LogP contribution in [0.25, 0.3) is 0 Å². The summed E-state index contributed by atoms with van der Waals surface area (Å²) < 4.78 is 50.4. The van der Waals surface area contributed by atoms with Crippen molar-refractivity contribution in [2.45, 2.75) is 26.6 Å². The van der Waals surface area contributed by atoms with Crippen molar-refractivity contribution in [3.63, 3.8) is 0 Å². The maximum Gasteiger partial charge on any atom is 0.473 e. The molecule has 1 rings (SSSR count). The van der Waals surface area contributed by atoms with Crippen LogP contribution in [0.1, 0.15) is 19.4 Å². The minimum Gasteiger partial charge on any atom is -0.403 e. The number of alkyl halides is 3. The third kappa shape index (κ3) is 6.11. The predicted molar refractivity (Wildman–Crippen MR) is 97.4 cm³/mol. The number of hydrazone groups is 1. The van der Waals surface area contributed by atoms with Crippen molar-refractivity contribution in [3.8, 4) is 0 Å². The van der Waals surface area contributed by atoms with Crippen LogP contribution in [0.2, 0.25) is 0 Å². The first-order valence-electron chi connectivity index (χ1n) is 7.85. The quantitative estimate of drug-likeness (QED) is 0.158. The van der Waals surface area contributed by atoms with Crippen molar-refractivity contribution in [2.75, 3.05) is 0 Å². The number of allylic oxidation sites excluding steroid dienone is 2. The summed E-state index contributed by atoms with van der Waals surface area (Å²) in [5.41, 5.74) is 13.1. The first kappa shape index (κ1) is 22.7. The average molecular weight is 400 g/mol. The lowest BCUT2D eigenvalue weighted by Gasteiger charge is -2.17. The molecule has 1 aromatic rings. The van der Waals surface area contributed by atoms with Gasteiger partial charge in [0.25, 0.3) is 0 Å². The van der Waals surface area contributed by atoms with E-state index in [4.69, 9.17) is 16.9 Å². The molecule has 1 aromatic carbocycles. The normalized spacial score (nSPS) is 12.4. The van der Waals surface area contributed by atoms with Crippen LogP contribution < -0.4 is 22.2 Å². The second kappa shape index (κ2) is 9.53. The number of benzene rings is 1. The molecule has 0 saturated heterocycles. The van der Waals surface area contributed by atoms with Gasteiger partial charge in [-0.05, 0) is 19.9 Å². The number of rotatable bonds is 7. The topological polar surface area (TPSA) is 129 Å². The van der Waals surface area contributed by atoms with Crippen LogP contribution in [0.4, 0.5) is 17.6 Å². The Labute approximate surface area is 158 Å². The molecule has 0 atom stereocenters. The third-order valence-electron chi connectivity index (χ3n) is 3.40. The average Bonchev–Trinajstić information content (AvgIpc) is 2.62. The Morgan fingerprint density at radius 1 is 1.29 bits per heavy atom. The van der Waals surface area contributed by atoms with Crippen LogP contribution in [0.3, 0.4) is 0 Å². The van der Waals surface area contributed by atoms with E-state index in [0.29, 0.717) is 11.1 Å². The van der Waals surface area contributed by atoms with E-state index in [0.717, 1.165) is 6.20 Å². The minimum atomic E-state index is -5.14. The summed E-state index contributed by atoms with van der Waals surface area (Å²) in [5.74, 6) is -3.44. The Hall–Kier alpha value is -3.37. The fourth-order valence-corrected chi connectivity index (χ4v) is 2.08. The zero-order valence-electron chi connectivity index (χ0n) is 15.1. The van der Waals surface area contributed by atoms with E-state index in [-0.39, 0.29) is 17.8 Å². The monoisotopic (exact) mass is 400 g/mol. The molecular formula is C17H20F4N6O. The van der Waals surface area contributed by atoms with Crippen molar-refractivity contribution < 1.29 is 22.4 Å². The maximum atomic E-state index is 13.7. The zero-order chi connectivity index (χ0) is 21.5. The Morgan fingerprint density at radius 3 is 2.39 bits per heavy atom. The van der Waals surface area contributed by atoms with Gasteiger partial charge in [-0.3, -0.25) is 10.2 Å². The molecule has 0 fully saturated rings. The molecule has 7 N–H and O–H groups in total. The van der Waals surface area contributed by atoms with Gasteiger partial charge in [0.05, 0.1) is 5.70 Å². The fraction of sp³-hybridized carbons (Fsp3) is 0.235. The van der Waals surface area contributed by atoms with E-state index >= 15 is 0 Å². The Balaban J connectivity index is 3.01. The van der Waals surface area contributed by atoms with Crippen molar-refractivity contribution in [2.24, 2.45) is 16.6 Å². The molecular weight excluding hydrogens is 380 g/mol. The molecule has 11 heteroatoms. The Kier molecular flexibility index (Phi) is 7.72. The van der Waals surface area contributed by atoms with Gasteiger partial charge in [0.2, 0.25) is 0 Å². The predicted octanol–water partition coefficient (Wildman–Crippen LogP) is 2.02. The number of amides is 1. The highest BCUT2D eigenvalue weighted by atomic mass is 19.4. The van der Waals surface area contributed by atoms with Gasteiger partial charge in [0.15, 0.2) is 5.84 Å². The first-order chi connectivity index (χ1) is 13.0. The molecule has 152 valence electrons. The van der Waals surface area contributed by atoms with E-state index in [9.17, 15) is 22.4 Å². The molecule has 0 saturated carbocycles. The number of nitrogens with two attached hydrogens (primary N) is 2. The van der Waals surface area contributed by atoms with E-state index in [1.54, 1.807) is 26.0 Å². The van der Waals surface area contributed by atoms with Crippen LogP contribution in [0.5, 0.6) is 0 Å². The second-order valence-electron chi connectivity index (χ2n) is 5.71. The zero-order valence-corrected chi connectivity index (χ0v) is 15.1. The van der Waals surface area contributed by atoms with E-state index < -0.39 is 29.4 Å². The fourth-order valence-electron chi connectivity index (χ4n) is 2.08. The molecule has 28 heavy (non-hydrogen) atoms. The summed E-state index contributed by atoms with van der Waals surface area (Å²) in [7, 11) is 0. The van der Waals surface area contributed by atoms with Crippen molar-refractivity contribution >= 4 is 17.5 Å². The summed E-state index contributed by atoms with van der Waals surface area (Å²) >= 11 is 0. The SMILES string of the molecule is CC(C)=C(C(=N)/C(N)=N/NC(=O)C(F)(F)F)/C(=C\N)NCc1ccccc1F. The van der Waals surface area contributed by atoms with Gasteiger partial charge in [-0.2, -0.15) is 18.3 Å². The van der Waals surface area contributed by atoms with Crippen LogP contribution in [-0.2, 0) is 11.3 Å². The molecule has 0 radical (unpaired) electrons. The van der Waals surface area contributed by atoms with Gasteiger partial charge >= 0.3 is 12.1 Å². The summed E-state index contributed by atoms with van der Waals surface area (Å²) in [6.07, 6.45) is -4.03. The number of hydrogen-bond donors (Lipinski definition) is 5. The number of hydrogen-bond acceptors (Lipinski definition) is 5. The van der Waals surface area contributed by atoms with Crippen LogP contribution in [0, 0.1) is 11.2 Å². The maximum absolute atomic E-state index is 13.7. The summed E-state index contributed by atoms with van der Waals surface area (Å²) in [5, 5.41) is 14.0. The molecule has 0 aliphatic carbocycles. The highest BCUT2D eigenvalue weighted by molar-refractivity contribution is 6.47. The highest BCUT2D eigenvalue weighted by Crippen LogP contribution is 2.16. The number of nitrogens with one attached hydrogen (secondary N) is 3. The van der Waals surface area contributed by atoms with Crippen molar-refractivity contribution in [3.05, 3.63) is 58.7 Å². The number of amidine groups is 1. The van der Waals surface area contributed by atoms with Gasteiger partial charge < -0.3 is 16.8 Å². The van der Waals surface area contributed by atoms with Crippen LogP contribution >= 0.6 is 0 Å². The van der Waals surface area contributed by atoms with Gasteiger partial charge in [-0.25, -0.2) is 9.82 Å². The Morgan fingerprint density at radius 2 is 1.89 bits per heavy atom. The lowest BCUT2D eigenvalue weighted by atomic mass is 10.0. The summed E-state index contributed by atoms with van der Waals surface area (Å²) in [4.78, 5) is 10.8. The molecule has 0 aliphatic rings. The Bertz CT molecular complexity index is 838. The lowest BCUT2D eigenvalue weighted by Crippen LogP contribution is -2.37.